The molecular formula is C22H25N5O4S. The second kappa shape index (κ2) is 8.70. The number of aryl methyl sites for hydroxylation is 1. The smallest absolute Gasteiger partial charge is 0.228 e. The Hall–Kier alpha value is -3.27. The van der Waals surface area contributed by atoms with E-state index in [1.54, 1.807) is 18.3 Å². The predicted octanol–water partition coefficient (Wildman–Crippen LogP) is 2.84. The Kier molecular flexibility index (Phi) is 5.96. The molecule has 32 heavy (non-hydrogen) atoms. The SMILES string of the molecule is Cn1ncc(NC(=O)C2CCCCC2C(=O)c2ccc(-c3ccn[nH]3)cc2)c1S(C)(=O)=O. The molecule has 10 heteroatoms. The van der Waals surface area contributed by atoms with Gasteiger partial charge in [-0.3, -0.25) is 19.4 Å². The van der Waals surface area contributed by atoms with Gasteiger partial charge in [-0.15, -0.1) is 0 Å². The third kappa shape index (κ3) is 4.36. The first-order chi connectivity index (χ1) is 15.3. The lowest BCUT2D eigenvalue weighted by Gasteiger charge is -2.29. The van der Waals surface area contributed by atoms with Crippen molar-refractivity contribution in [2.75, 3.05) is 11.6 Å². The molecule has 1 aromatic carbocycles. The van der Waals surface area contributed by atoms with Crippen molar-refractivity contribution in [2.24, 2.45) is 18.9 Å². The molecule has 4 rings (SSSR count). The van der Waals surface area contributed by atoms with Gasteiger partial charge in [0, 0.05) is 36.9 Å². The van der Waals surface area contributed by atoms with E-state index in [2.05, 4.69) is 20.6 Å². The number of carbonyl (C=O) groups excluding carboxylic acids is 2. The molecule has 2 atom stereocenters. The first-order valence-electron chi connectivity index (χ1n) is 10.4. The van der Waals surface area contributed by atoms with E-state index in [0.29, 0.717) is 18.4 Å². The van der Waals surface area contributed by atoms with Crippen molar-refractivity contribution < 1.29 is 18.0 Å². The Bertz CT molecular complexity index is 1230. The van der Waals surface area contributed by atoms with Crippen LogP contribution in [0.3, 0.4) is 0 Å². The topological polar surface area (TPSA) is 127 Å². The minimum absolute atomic E-state index is 0.0565. The van der Waals surface area contributed by atoms with Crippen LogP contribution < -0.4 is 5.32 Å². The maximum absolute atomic E-state index is 13.3. The average Bonchev–Trinajstić information content (AvgIpc) is 3.43. The van der Waals surface area contributed by atoms with Gasteiger partial charge in [-0.1, -0.05) is 37.1 Å². The molecule has 1 aliphatic rings. The van der Waals surface area contributed by atoms with E-state index in [0.717, 1.165) is 30.4 Å². The molecule has 1 amide bonds. The number of hydrogen-bond acceptors (Lipinski definition) is 6. The number of Topliss-reactive ketones (excluding diaryl/α,β-unsaturated/α-hetero) is 1. The Labute approximate surface area is 186 Å². The molecule has 1 aliphatic carbocycles. The highest BCUT2D eigenvalue weighted by molar-refractivity contribution is 7.90. The molecule has 2 N–H and O–H groups in total. The number of aromatic nitrogens is 4. The molecule has 2 unspecified atom stereocenters. The van der Waals surface area contributed by atoms with Crippen LogP contribution in [0, 0.1) is 11.8 Å². The van der Waals surface area contributed by atoms with E-state index in [-0.39, 0.29) is 22.4 Å². The van der Waals surface area contributed by atoms with Gasteiger partial charge in [-0.25, -0.2) is 8.42 Å². The van der Waals surface area contributed by atoms with Crippen LogP contribution in [0.4, 0.5) is 5.69 Å². The summed E-state index contributed by atoms with van der Waals surface area (Å²) in [4.78, 5) is 26.4. The van der Waals surface area contributed by atoms with Crippen molar-refractivity contribution in [2.45, 2.75) is 30.7 Å². The molecule has 2 aromatic heterocycles. The summed E-state index contributed by atoms with van der Waals surface area (Å²) in [6.45, 7) is 0. The summed E-state index contributed by atoms with van der Waals surface area (Å²) >= 11 is 0. The molecule has 0 aliphatic heterocycles. The fraction of sp³-hybridized carbons (Fsp3) is 0.364. The lowest BCUT2D eigenvalue weighted by Crippen LogP contribution is -2.36. The summed E-state index contributed by atoms with van der Waals surface area (Å²) in [7, 11) is -2.08. The predicted molar refractivity (Wildman–Crippen MR) is 119 cm³/mol. The van der Waals surface area contributed by atoms with Crippen LogP contribution in [-0.2, 0) is 21.7 Å². The third-order valence-corrected chi connectivity index (χ3v) is 7.10. The monoisotopic (exact) mass is 455 g/mol. The average molecular weight is 456 g/mol. The standard InChI is InChI=1S/C22H25N5O4S/c1-27-22(32(2,30)31)19(13-24-27)25-21(29)17-6-4-3-5-16(17)20(28)15-9-7-14(8-10-15)18-11-12-23-26-18/h7-13,16-17H,3-6H2,1-2H3,(H,23,26)(H,25,29). The molecular weight excluding hydrogens is 430 g/mol. The van der Waals surface area contributed by atoms with Crippen LogP contribution >= 0.6 is 0 Å². The minimum atomic E-state index is -3.58. The van der Waals surface area contributed by atoms with E-state index < -0.39 is 21.7 Å². The molecule has 0 bridgehead atoms. The van der Waals surface area contributed by atoms with Gasteiger partial charge in [0.25, 0.3) is 0 Å². The van der Waals surface area contributed by atoms with Crippen LogP contribution in [0.2, 0.25) is 0 Å². The van der Waals surface area contributed by atoms with Crippen molar-refractivity contribution in [3.63, 3.8) is 0 Å². The molecule has 1 fully saturated rings. The summed E-state index contributed by atoms with van der Waals surface area (Å²) in [6.07, 6.45) is 6.95. The van der Waals surface area contributed by atoms with Gasteiger partial charge in [-0.05, 0) is 24.5 Å². The number of nitrogens with one attached hydrogen (secondary N) is 2. The number of H-pyrrole nitrogens is 1. The number of rotatable bonds is 6. The molecule has 0 saturated heterocycles. The van der Waals surface area contributed by atoms with Gasteiger partial charge in [0.1, 0.15) is 0 Å². The fourth-order valence-electron chi connectivity index (χ4n) is 4.38. The maximum atomic E-state index is 13.3. The quantitative estimate of drug-likeness (QED) is 0.550. The van der Waals surface area contributed by atoms with Crippen LogP contribution in [0.25, 0.3) is 11.3 Å². The summed E-state index contributed by atoms with van der Waals surface area (Å²) in [5, 5.41) is 13.4. The van der Waals surface area contributed by atoms with Crippen molar-refractivity contribution in [1.29, 1.82) is 0 Å². The van der Waals surface area contributed by atoms with Gasteiger partial charge in [0.05, 0.1) is 17.6 Å². The van der Waals surface area contributed by atoms with E-state index in [4.69, 9.17) is 0 Å². The van der Waals surface area contributed by atoms with E-state index in [9.17, 15) is 18.0 Å². The van der Waals surface area contributed by atoms with Crippen molar-refractivity contribution in [1.82, 2.24) is 20.0 Å². The minimum Gasteiger partial charge on any atom is -0.322 e. The summed E-state index contributed by atoms with van der Waals surface area (Å²) in [5.41, 5.74) is 2.47. The molecule has 168 valence electrons. The Morgan fingerprint density at radius 2 is 1.78 bits per heavy atom. The van der Waals surface area contributed by atoms with Gasteiger partial charge >= 0.3 is 0 Å². The fourth-order valence-corrected chi connectivity index (χ4v) is 5.41. The van der Waals surface area contributed by atoms with Crippen LogP contribution in [-0.4, -0.2) is 46.3 Å². The number of carbonyl (C=O) groups is 2. The molecule has 9 nitrogen and oxygen atoms in total. The number of anilines is 1. The zero-order chi connectivity index (χ0) is 22.9. The second-order valence-electron chi connectivity index (χ2n) is 8.16. The number of benzene rings is 1. The van der Waals surface area contributed by atoms with E-state index in [1.165, 1.54) is 17.9 Å². The Morgan fingerprint density at radius 3 is 2.41 bits per heavy atom. The summed E-state index contributed by atoms with van der Waals surface area (Å²) < 4.78 is 25.4. The normalized spacial score (nSPS) is 18.9. The lowest BCUT2D eigenvalue weighted by atomic mass is 9.75. The van der Waals surface area contributed by atoms with Crippen molar-refractivity contribution >= 4 is 27.2 Å². The van der Waals surface area contributed by atoms with Gasteiger partial charge in [-0.2, -0.15) is 10.2 Å². The molecule has 0 radical (unpaired) electrons. The Morgan fingerprint density at radius 1 is 1.09 bits per heavy atom. The van der Waals surface area contributed by atoms with Gasteiger partial charge in [0.15, 0.2) is 20.6 Å². The number of amides is 1. The highest BCUT2D eigenvalue weighted by Gasteiger charge is 2.37. The number of hydrogen-bond donors (Lipinski definition) is 2. The van der Waals surface area contributed by atoms with Gasteiger partial charge < -0.3 is 5.32 Å². The first-order valence-corrected chi connectivity index (χ1v) is 12.3. The summed E-state index contributed by atoms with van der Waals surface area (Å²) in [6, 6.07) is 9.09. The first kappa shape index (κ1) is 21.9. The number of aromatic amines is 1. The molecule has 3 aromatic rings. The largest absolute Gasteiger partial charge is 0.322 e. The van der Waals surface area contributed by atoms with Crippen LogP contribution in [0.15, 0.2) is 47.8 Å². The molecule has 1 saturated carbocycles. The molecule has 0 spiro atoms. The highest BCUT2D eigenvalue weighted by Crippen LogP contribution is 2.34. The summed E-state index contributed by atoms with van der Waals surface area (Å²) in [5.74, 6) is -1.41. The van der Waals surface area contributed by atoms with Crippen molar-refractivity contribution in [3.05, 3.63) is 48.3 Å². The van der Waals surface area contributed by atoms with Crippen molar-refractivity contribution in [3.8, 4) is 11.3 Å². The second-order valence-corrected chi connectivity index (χ2v) is 10.1. The Balaban J connectivity index is 1.54. The van der Waals surface area contributed by atoms with Crippen LogP contribution in [0.1, 0.15) is 36.0 Å². The third-order valence-electron chi connectivity index (χ3n) is 5.91. The number of ketones is 1. The number of sulfone groups is 1. The lowest BCUT2D eigenvalue weighted by molar-refractivity contribution is -0.122. The zero-order valence-corrected chi connectivity index (χ0v) is 18.7. The number of nitrogens with zero attached hydrogens (tertiary/aromatic N) is 3. The van der Waals surface area contributed by atoms with E-state index in [1.807, 2.05) is 18.2 Å². The van der Waals surface area contributed by atoms with Gasteiger partial charge in [0.2, 0.25) is 5.91 Å². The zero-order valence-electron chi connectivity index (χ0n) is 17.9. The maximum Gasteiger partial charge on any atom is 0.228 e. The van der Waals surface area contributed by atoms with E-state index >= 15 is 0 Å². The highest BCUT2D eigenvalue weighted by atomic mass is 32.2. The van der Waals surface area contributed by atoms with Crippen LogP contribution in [0.5, 0.6) is 0 Å². The molecule has 2 heterocycles.